The van der Waals surface area contributed by atoms with Crippen molar-refractivity contribution in [3.63, 3.8) is 0 Å². The van der Waals surface area contributed by atoms with Crippen molar-refractivity contribution in [2.45, 2.75) is 51.2 Å². The lowest BCUT2D eigenvalue weighted by molar-refractivity contribution is 0.261. The fourth-order valence-electron chi connectivity index (χ4n) is 3.67. The van der Waals surface area contributed by atoms with Crippen molar-refractivity contribution >= 4 is 0 Å². The first-order valence-corrected chi connectivity index (χ1v) is 10.9. The average molecular weight is 409 g/mol. The zero-order chi connectivity index (χ0) is 21.1. The van der Waals surface area contributed by atoms with Crippen LogP contribution in [0.15, 0.2) is 49.1 Å². The standard InChI is InChI=1S/C26H32O4/c1-5-7-19-13-21(9-11-25(19)30-17-23-15-28-23)26(3,4)20-8-10-24(18(6-2)12-20)29-16-22-14-27-22/h5,8-13,22-23H,1,6-7,14-17H2,2-4H3. The SMILES string of the molecule is C=CCc1cc(C(C)(C)c2ccc(OCC3CO3)c(CC)c2)ccc1OCC1CO1. The van der Waals surface area contributed by atoms with Gasteiger partial charge in [0.05, 0.1) is 13.2 Å². The van der Waals surface area contributed by atoms with Crippen molar-refractivity contribution in [1.82, 2.24) is 0 Å². The third-order valence-electron chi connectivity index (χ3n) is 5.96. The fourth-order valence-corrected chi connectivity index (χ4v) is 3.67. The molecular formula is C26H32O4. The molecular weight excluding hydrogens is 376 g/mol. The lowest BCUT2D eigenvalue weighted by atomic mass is 9.77. The molecule has 2 unspecified atom stereocenters. The number of aryl methyl sites for hydroxylation is 1. The molecule has 2 saturated heterocycles. The van der Waals surface area contributed by atoms with Crippen LogP contribution in [0.3, 0.4) is 0 Å². The van der Waals surface area contributed by atoms with Gasteiger partial charge in [-0.3, -0.25) is 0 Å². The number of ether oxygens (including phenoxy) is 4. The van der Waals surface area contributed by atoms with Crippen LogP contribution in [-0.2, 0) is 27.7 Å². The van der Waals surface area contributed by atoms with Crippen LogP contribution in [-0.4, -0.2) is 38.6 Å². The molecule has 4 heteroatoms. The Morgan fingerprint density at radius 2 is 1.43 bits per heavy atom. The van der Waals surface area contributed by atoms with Gasteiger partial charge >= 0.3 is 0 Å². The molecule has 4 rings (SSSR count). The van der Waals surface area contributed by atoms with Gasteiger partial charge in [-0.25, -0.2) is 0 Å². The van der Waals surface area contributed by atoms with Gasteiger partial charge in [0.1, 0.15) is 36.9 Å². The predicted molar refractivity (Wildman–Crippen MR) is 119 cm³/mol. The third kappa shape index (κ3) is 4.88. The van der Waals surface area contributed by atoms with E-state index in [4.69, 9.17) is 18.9 Å². The molecule has 0 amide bonds. The minimum absolute atomic E-state index is 0.143. The molecule has 2 fully saturated rings. The van der Waals surface area contributed by atoms with E-state index in [9.17, 15) is 0 Å². The molecule has 0 aromatic heterocycles. The number of rotatable bonds is 11. The Balaban J connectivity index is 1.57. The highest BCUT2D eigenvalue weighted by molar-refractivity contribution is 5.48. The van der Waals surface area contributed by atoms with E-state index >= 15 is 0 Å². The van der Waals surface area contributed by atoms with Gasteiger partial charge in [-0.15, -0.1) is 6.58 Å². The van der Waals surface area contributed by atoms with Crippen LogP contribution >= 0.6 is 0 Å². The molecule has 2 heterocycles. The second kappa shape index (κ2) is 8.83. The number of allylic oxidation sites excluding steroid dienone is 1. The molecule has 0 N–H and O–H groups in total. The third-order valence-corrected chi connectivity index (χ3v) is 5.96. The first kappa shape index (κ1) is 21.0. The molecule has 2 aromatic rings. The Kier molecular flexibility index (Phi) is 6.16. The molecule has 30 heavy (non-hydrogen) atoms. The summed E-state index contributed by atoms with van der Waals surface area (Å²) in [6.45, 7) is 13.5. The Bertz CT molecular complexity index is 894. The van der Waals surface area contributed by atoms with Crippen LogP contribution in [0.5, 0.6) is 11.5 Å². The molecule has 0 aliphatic carbocycles. The normalized spacial score (nSPS) is 20.0. The van der Waals surface area contributed by atoms with Crippen LogP contribution in [0.2, 0.25) is 0 Å². The van der Waals surface area contributed by atoms with Gasteiger partial charge in [-0.05, 0) is 47.2 Å². The van der Waals surface area contributed by atoms with Crippen molar-refractivity contribution in [3.8, 4) is 11.5 Å². The van der Waals surface area contributed by atoms with Crippen LogP contribution < -0.4 is 9.47 Å². The summed E-state index contributed by atoms with van der Waals surface area (Å²) in [5.74, 6) is 1.89. The Labute approximate surface area is 179 Å². The Morgan fingerprint density at radius 1 is 0.933 bits per heavy atom. The van der Waals surface area contributed by atoms with Crippen molar-refractivity contribution in [2.24, 2.45) is 0 Å². The Hall–Kier alpha value is -2.30. The molecule has 0 saturated carbocycles. The molecule has 0 spiro atoms. The minimum Gasteiger partial charge on any atom is -0.491 e. The first-order chi connectivity index (χ1) is 14.5. The molecule has 2 aliphatic heterocycles. The van der Waals surface area contributed by atoms with E-state index in [-0.39, 0.29) is 17.6 Å². The maximum atomic E-state index is 5.99. The molecule has 160 valence electrons. The van der Waals surface area contributed by atoms with Crippen molar-refractivity contribution in [1.29, 1.82) is 0 Å². The lowest BCUT2D eigenvalue weighted by Gasteiger charge is -2.28. The van der Waals surface area contributed by atoms with E-state index in [2.05, 4.69) is 63.7 Å². The fraction of sp³-hybridized carbons (Fsp3) is 0.462. The predicted octanol–water partition coefficient (Wildman–Crippen LogP) is 4.86. The molecule has 2 atom stereocenters. The van der Waals surface area contributed by atoms with E-state index < -0.39 is 0 Å². The number of hydrogen-bond donors (Lipinski definition) is 0. The summed E-state index contributed by atoms with van der Waals surface area (Å²) in [4.78, 5) is 0. The summed E-state index contributed by atoms with van der Waals surface area (Å²) in [6, 6.07) is 13.1. The molecule has 2 aliphatic rings. The molecule has 0 bridgehead atoms. The number of benzene rings is 2. The summed E-state index contributed by atoms with van der Waals surface area (Å²) >= 11 is 0. The lowest BCUT2D eigenvalue weighted by Crippen LogP contribution is -2.20. The summed E-state index contributed by atoms with van der Waals surface area (Å²) in [5, 5.41) is 0. The quantitative estimate of drug-likeness (QED) is 0.393. The van der Waals surface area contributed by atoms with Gasteiger partial charge in [0.25, 0.3) is 0 Å². The monoisotopic (exact) mass is 408 g/mol. The van der Waals surface area contributed by atoms with Gasteiger partial charge in [0.15, 0.2) is 0 Å². The maximum Gasteiger partial charge on any atom is 0.122 e. The van der Waals surface area contributed by atoms with E-state index in [1.807, 2.05) is 6.08 Å². The van der Waals surface area contributed by atoms with E-state index in [1.165, 1.54) is 16.7 Å². The van der Waals surface area contributed by atoms with E-state index in [1.54, 1.807) is 0 Å². The highest BCUT2D eigenvalue weighted by Crippen LogP contribution is 2.37. The number of epoxide rings is 2. The maximum absolute atomic E-state index is 5.99. The minimum atomic E-state index is -0.143. The molecule has 2 aromatic carbocycles. The average Bonchev–Trinajstić information content (AvgIpc) is 3.66. The largest absolute Gasteiger partial charge is 0.491 e. The molecule has 4 nitrogen and oxygen atoms in total. The smallest absolute Gasteiger partial charge is 0.122 e. The van der Waals surface area contributed by atoms with Crippen molar-refractivity contribution in [2.75, 3.05) is 26.4 Å². The van der Waals surface area contributed by atoms with Gasteiger partial charge in [0, 0.05) is 5.41 Å². The molecule has 0 radical (unpaired) electrons. The summed E-state index contributed by atoms with van der Waals surface area (Å²) in [7, 11) is 0. The van der Waals surface area contributed by atoms with Crippen LogP contribution in [0.25, 0.3) is 0 Å². The van der Waals surface area contributed by atoms with Crippen LogP contribution in [0, 0.1) is 0 Å². The van der Waals surface area contributed by atoms with Gasteiger partial charge in [-0.1, -0.05) is 51.1 Å². The van der Waals surface area contributed by atoms with Crippen molar-refractivity contribution in [3.05, 3.63) is 71.3 Å². The second-order valence-corrected chi connectivity index (χ2v) is 8.65. The first-order valence-electron chi connectivity index (χ1n) is 10.9. The Morgan fingerprint density at radius 3 is 1.90 bits per heavy atom. The van der Waals surface area contributed by atoms with Gasteiger partial charge in [0.2, 0.25) is 0 Å². The van der Waals surface area contributed by atoms with Crippen molar-refractivity contribution < 1.29 is 18.9 Å². The van der Waals surface area contributed by atoms with E-state index in [0.717, 1.165) is 43.1 Å². The highest BCUT2D eigenvalue weighted by atomic mass is 16.6. The second-order valence-electron chi connectivity index (χ2n) is 8.65. The van der Waals surface area contributed by atoms with Gasteiger partial charge < -0.3 is 18.9 Å². The summed E-state index contributed by atoms with van der Waals surface area (Å²) in [6.07, 6.45) is 4.15. The van der Waals surface area contributed by atoms with Crippen LogP contribution in [0.1, 0.15) is 43.0 Å². The van der Waals surface area contributed by atoms with Gasteiger partial charge in [-0.2, -0.15) is 0 Å². The summed E-state index contributed by atoms with van der Waals surface area (Å²) in [5.41, 5.74) is 4.79. The number of hydrogen-bond acceptors (Lipinski definition) is 4. The topological polar surface area (TPSA) is 43.5 Å². The van der Waals surface area contributed by atoms with Crippen LogP contribution in [0.4, 0.5) is 0 Å². The zero-order valence-electron chi connectivity index (χ0n) is 18.3. The highest BCUT2D eigenvalue weighted by Gasteiger charge is 2.27. The summed E-state index contributed by atoms with van der Waals surface area (Å²) < 4.78 is 22.5. The zero-order valence-corrected chi connectivity index (χ0v) is 18.3. The van der Waals surface area contributed by atoms with E-state index in [0.29, 0.717) is 13.2 Å².